The maximum Gasteiger partial charge on any atom is 0.247 e. The van der Waals surface area contributed by atoms with E-state index in [0.29, 0.717) is 17.5 Å². The normalized spacial score (nSPS) is 14.4. The Morgan fingerprint density at radius 2 is 1.73 bits per heavy atom. The smallest absolute Gasteiger partial charge is 0.247 e. The number of likely N-dealkylation sites (N-methyl/N-ethyl adjacent to an activating group) is 1. The number of Topliss-reactive ketones (excluding diaryl/α,β-unsaturated/α-hetero) is 1. The molecule has 208 valence electrons. The minimum absolute atomic E-state index is 0.0859. The number of aromatic amines is 1. The van der Waals surface area contributed by atoms with E-state index in [1.165, 1.54) is 5.56 Å². The number of nitrogens with zero attached hydrogens (tertiary/aromatic N) is 5. The molecule has 2 aromatic carbocycles. The molecule has 41 heavy (non-hydrogen) atoms. The molecule has 5 aromatic rings. The molecular formula is C33H34N6O2. The first kappa shape index (κ1) is 26.8. The standard InChI is InChI=1S/C33H34N6O2/c1-22-4-5-24(19-29(40)26-6-7-27(23(2)18-26)21-39-16-14-38(3)15-17-39)20-30(22)41-33-31-28(10-13-35-31)36-32(37-33)25-8-11-34-12-9-25/h4-13,18,20,35H,14-17,19,21H2,1-3H3. The third kappa shape index (κ3) is 6.04. The van der Waals surface area contributed by atoms with Crippen LogP contribution in [0.15, 0.2) is 73.2 Å². The van der Waals surface area contributed by atoms with E-state index in [1.54, 1.807) is 12.4 Å². The maximum absolute atomic E-state index is 13.3. The van der Waals surface area contributed by atoms with Gasteiger partial charge in [0, 0.05) is 68.9 Å². The minimum Gasteiger partial charge on any atom is -0.437 e. The molecule has 0 unspecified atom stereocenters. The molecular weight excluding hydrogens is 512 g/mol. The van der Waals surface area contributed by atoms with Gasteiger partial charge in [-0.2, -0.15) is 4.98 Å². The molecule has 1 fully saturated rings. The second-order valence-corrected chi connectivity index (χ2v) is 10.8. The number of fused-ring (bicyclic) bond motifs is 1. The average molecular weight is 547 g/mol. The summed E-state index contributed by atoms with van der Waals surface area (Å²) in [6.45, 7) is 9.35. The summed E-state index contributed by atoms with van der Waals surface area (Å²) in [6.07, 6.45) is 5.54. The van der Waals surface area contributed by atoms with E-state index in [9.17, 15) is 4.79 Å². The van der Waals surface area contributed by atoms with Crippen molar-refractivity contribution in [1.82, 2.24) is 29.7 Å². The summed E-state index contributed by atoms with van der Waals surface area (Å²) in [5.74, 6) is 1.74. The molecule has 6 rings (SSSR count). The number of pyridine rings is 1. The van der Waals surface area contributed by atoms with Crippen LogP contribution < -0.4 is 4.74 Å². The number of H-pyrrole nitrogens is 1. The Morgan fingerprint density at radius 1 is 0.927 bits per heavy atom. The van der Waals surface area contributed by atoms with Gasteiger partial charge >= 0.3 is 0 Å². The van der Waals surface area contributed by atoms with Crippen LogP contribution in [0.1, 0.15) is 32.6 Å². The van der Waals surface area contributed by atoms with Crippen molar-refractivity contribution in [1.29, 1.82) is 0 Å². The molecule has 0 aliphatic carbocycles. The van der Waals surface area contributed by atoms with Crippen LogP contribution in [0.25, 0.3) is 22.4 Å². The number of ether oxygens (including phenoxy) is 1. The summed E-state index contributed by atoms with van der Waals surface area (Å²) >= 11 is 0. The van der Waals surface area contributed by atoms with Gasteiger partial charge in [-0.05, 0) is 73.5 Å². The highest BCUT2D eigenvalue weighted by Crippen LogP contribution is 2.31. The van der Waals surface area contributed by atoms with E-state index in [4.69, 9.17) is 9.72 Å². The predicted molar refractivity (Wildman–Crippen MR) is 160 cm³/mol. The van der Waals surface area contributed by atoms with Crippen LogP contribution in [0, 0.1) is 13.8 Å². The molecule has 3 aromatic heterocycles. The van der Waals surface area contributed by atoms with Crippen LogP contribution in [0.3, 0.4) is 0 Å². The molecule has 8 nitrogen and oxygen atoms in total. The number of hydrogen-bond donors (Lipinski definition) is 1. The first-order valence-corrected chi connectivity index (χ1v) is 14.0. The largest absolute Gasteiger partial charge is 0.437 e. The number of rotatable bonds is 8. The van der Waals surface area contributed by atoms with Crippen LogP contribution in [-0.2, 0) is 13.0 Å². The van der Waals surface area contributed by atoms with E-state index in [1.807, 2.05) is 61.7 Å². The molecule has 8 heteroatoms. The summed E-state index contributed by atoms with van der Waals surface area (Å²) in [5, 5.41) is 0. The first-order chi connectivity index (χ1) is 19.9. The third-order valence-electron chi connectivity index (χ3n) is 7.79. The van der Waals surface area contributed by atoms with Crippen LogP contribution in [0.4, 0.5) is 0 Å². The Kier molecular flexibility index (Phi) is 7.59. The average Bonchev–Trinajstić information content (AvgIpc) is 3.47. The second kappa shape index (κ2) is 11.6. The van der Waals surface area contributed by atoms with Gasteiger partial charge in [0.25, 0.3) is 0 Å². The summed E-state index contributed by atoms with van der Waals surface area (Å²) in [5.41, 5.74) is 7.35. The van der Waals surface area contributed by atoms with Crippen molar-refractivity contribution >= 4 is 16.8 Å². The van der Waals surface area contributed by atoms with Crippen LogP contribution >= 0.6 is 0 Å². The van der Waals surface area contributed by atoms with Crippen molar-refractivity contribution in [3.63, 3.8) is 0 Å². The molecule has 1 aliphatic heterocycles. The Hall–Kier alpha value is -4.40. The molecule has 4 heterocycles. The van der Waals surface area contributed by atoms with Gasteiger partial charge in [-0.1, -0.05) is 24.3 Å². The number of ketones is 1. The van der Waals surface area contributed by atoms with Gasteiger partial charge in [-0.15, -0.1) is 0 Å². The van der Waals surface area contributed by atoms with Crippen molar-refractivity contribution in [3.05, 3.63) is 101 Å². The van der Waals surface area contributed by atoms with E-state index in [2.05, 4.69) is 44.8 Å². The highest BCUT2D eigenvalue weighted by atomic mass is 16.5. The summed E-state index contributed by atoms with van der Waals surface area (Å²) in [7, 11) is 2.17. The monoisotopic (exact) mass is 546 g/mol. The molecule has 0 atom stereocenters. The zero-order chi connectivity index (χ0) is 28.3. The minimum atomic E-state index is 0.0859. The van der Waals surface area contributed by atoms with Gasteiger partial charge in [-0.3, -0.25) is 14.7 Å². The quantitative estimate of drug-likeness (QED) is 0.254. The predicted octanol–water partition coefficient (Wildman–Crippen LogP) is 5.60. The van der Waals surface area contributed by atoms with Gasteiger partial charge in [0.2, 0.25) is 5.88 Å². The number of nitrogens with one attached hydrogen (secondary N) is 1. The Labute approximate surface area is 240 Å². The van der Waals surface area contributed by atoms with Crippen molar-refractivity contribution in [2.75, 3.05) is 33.2 Å². The van der Waals surface area contributed by atoms with Gasteiger partial charge < -0.3 is 14.6 Å². The lowest BCUT2D eigenvalue weighted by Crippen LogP contribution is -2.43. The topological polar surface area (TPSA) is 87.2 Å². The van der Waals surface area contributed by atoms with Crippen LogP contribution in [0.5, 0.6) is 11.6 Å². The molecule has 0 radical (unpaired) electrons. The lowest BCUT2D eigenvalue weighted by molar-refractivity contribution is 0.0993. The molecule has 0 amide bonds. The fourth-order valence-electron chi connectivity index (χ4n) is 5.17. The fraction of sp³-hybridized carbons (Fsp3) is 0.273. The number of carbonyl (C=O) groups excluding carboxylic acids is 1. The van der Waals surface area contributed by atoms with Crippen molar-refractivity contribution < 1.29 is 9.53 Å². The van der Waals surface area contributed by atoms with Crippen LogP contribution in [0.2, 0.25) is 0 Å². The molecule has 1 N–H and O–H groups in total. The van der Waals surface area contributed by atoms with Crippen molar-refractivity contribution in [3.8, 4) is 23.0 Å². The van der Waals surface area contributed by atoms with Crippen molar-refractivity contribution in [2.45, 2.75) is 26.8 Å². The van der Waals surface area contributed by atoms with Gasteiger partial charge in [-0.25, -0.2) is 4.98 Å². The van der Waals surface area contributed by atoms with E-state index < -0.39 is 0 Å². The van der Waals surface area contributed by atoms with Crippen LogP contribution in [-0.4, -0.2) is 68.7 Å². The van der Waals surface area contributed by atoms with Gasteiger partial charge in [0.05, 0.1) is 5.52 Å². The van der Waals surface area contributed by atoms with Gasteiger partial charge in [0.15, 0.2) is 11.6 Å². The highest BCUT2D eigenvalue weighted by molar-refractivity contribution is 5.97. The van der Waals surface area contributed by atoms with Gasteiger partial charge in [0.1, 0.15) is 11.3 Å². The lowest BCUT2D eigenvalue weighted by atomic mass is 9.98. The number of carbonyl (C=O) groups is 1. The maximum atomic E-state index is 13.3. The summed E-state index contributed by atoms with van der Waals surface area (Å²) < 4.78 is 6.37. The van der Waals surface area contributed by atoms with E-state index in [0.717, 1.165) is 71.6 Å². The van der Waals surface area contributed by atoms with E-state index >= 15 is 0 Å². The molecule has 1 saturated heterocycles. The number of hydrogen-bond acceptors (Lipinski definition) is 7. The molecule has 0 bridgehead atoms. The third-order valence-corrected chi connectivity index (χ3v) is 7.79. The highest BCUT2D eigenvalue weighted by Gasteiger charge is 2.17. The number of benzene rings is 2. The number of piperazine rings is 1. The summed E-state index contributed by atoms with van der Waals surface area (Å²) in [6, 6.07) is 17.7. The lowest BCUT2D eigenvalue weighted by Gasteiger charge is -2.32. The Balaban J connectivity index is 1.19. The first-order valence-electron chi connectivity index (χ1n) is 14.0. The summed E-state index contributed by atoms with van der Waals surface area (Å²) in [4.78, 5) is 34.8. The van der Waals surface area contributed by atoms with Crippen molar-refractivity contribution in [2.24, 2.45) is 0 Å². The molecule has 0 spiro atoms. The second-order valence-electron chi connectivity index (χ2n) is 10.8. The SMILES string of the molecule is Cc1cc(C(=O)Cc2ccc(C)c(Oc3nc(-c4ccncc4)nc4cc[nH]c34)c2)ccc1CN1CCN(C)CC1. The van der Waals surface area contributed by atoms with E-state index in [-0.39, 0.29) is 12.2 Å². The fourth-order valence-corrected chi connectivity index (χ4v) is 5.17. The zero-order valence-electron chi connectivity index (χ0n) is 23.7. The zero-order valence-corrected chi connectivity index (χ0v) is 23.7. The molecule has 1 aliphatic rings. The number of aromatic nitrogens is 4. The Morgan fingerprint density at radius 3 is 2.51 bits per heavy atom. The molecule has 0 saturated carbocycles. The number of aryl methyl sites for hydroxylation is 2. The Bertz CT molecular complexity index is 1690.